The second-order valence-electron chi connectivity index (χ2n) is 4.69. The van der Waals surface area contributed by atoms with Crippen LogP contribution in [0.25, 0.3) is 0 Å². The zero-order valence-corrected chi connectivity index (χ0v) is 11.0. The van der Waals surface area contributed by atoms with Gasteiger partial charge in [0, 0.05) is 12.8 Å². The summed E-state index contributed by atoms with van der Waals surface area (Å²) in [6, 6.07) is 10.3. The summed E-state index contributed by atoms with van der Waals surface area (Å²) in [6.45, 7) is 2.21. The van der Waals surface area contributed by atoms with E-state index in [2.05, 4.69) is 19.1 Å². The van der Waals surface area contributed by atoms with Gasteiger partial charge in [0.05, 0.1) is 0 Å². The zero-order chi connectivity index (χ0) is 12.3. The molecule has 0 aromatic heterocycles. The van der Waals surface area contributed by atoms with Crippen molar-refractivity contribution in [2.24, 2.45) is 0 Å². The molecule has 1 aromatic carbocycles. The van der Waals surface area contributed by atoms with Gasteiger partial charge in [-0.1, -0.05) is 62.9 Å². The Kier molecular flexibility index (Phi) is 7.37. The highest BCUT2D eigenvalue weighted by atomic mass is 16.1. The Morgan fingerprint density at radius 2 is 1.65 bits per heavy atom. The summed E-state index contributed by atoms with van der Waals surface area (Å²) in [4.78, 5) is 11.6. The van der Waals surface area contributed by atoms with Crippen molar-refractivity contribution < 1.29 is 4.79 Å². The lowest BCUT2D eigenvalue weighted by atomic mass is 10.0. The van der Waals surface area contributed by atoms with Gasteiger partial charge in [0.15, 0.2) is 0 Å². The number of hydrogen-bond acceptors (Lipinski definition) is 1. The molecule has 0 atom stereocenters. The number of aryl methyl sites for hydroxylation is 1. The fraction of sp³-hybridized carbons (Fsp3) is 0.562. The molecule has 1 aromatic rings. The molecule has 0 radical (unpaired) electrons. The van der Waals surface area contributed by atoms with E-state index in [1.165, 1.54) is 31.2 Å². The predicted molar refractivity (Wildman–Crippen MR) is 73.1 cm³/mol. The molecule has 17 heavy (non-hydrogen) atoms. The quantitative estimate of drug-likeness (QED) is 0.571. The number of hydrogen-bond donors (Lipinski definition) is 0. The molecule has 1 heteroatoms. The minimum Gasteiger partial charge on any atom is -0.300 e. The summed E-state index contributed by atoms with van der Waals surface area (Å²) in [6.07, 6.45) is 8.52. The molecular weight excluding hydrogens is 208 g/mol. The Hall–Kier alpha value is -1.11. The third-order valence-corrected chi connectivity index (χ3v) is 3.09. The van der Waals surface area contributed by atoms with Crippen LogP contribution >= 0.6 is 0 Å². The van der Waals surface area contributed by atoms with E-state index < -0.39 is 0 Å². The first kappa shape index (κ1) is 14.0. The molecule has 0 spiro atoms. The molecule has 0 aliphatic heterocycles. The van der Waals surface area contributed by atoms with Gasteiger partial charge in [-0.15, -0.1) is 0 Å². The monoisotopic (exact) mass is 232 g/mol. The Morgan fingerprint density at radius 3 is 2.35 bits per heavy atom. The van der Waals surface area contributed by atoms with Crippen molar-refractivity contribution >= 4 is 5.78 Å². The number of carbonyl (C=O) groups excluding carboxylic acids is 1. The van der Waals surface area contributed by atoms with Gasteiger partial charge in [-0.2, -0.15) is 0 Å². The van der Waals surface area contributed by atoms with Gasteiger partial charge >= 0.3 is 0 Å². The molecule has 0 aliphatic carbocycles. The lowest BCUT2D eigenvalue weighted by Crippen LogP contribution is -2.00. The van der Waals surface area contributed by atoms with Crippen molar-refractivity contribution in [1.82, 2.24) is 0 Å². The largest absolute Gasteiger partial charge is 0.300 e. The lowest BCUT2D eigenvalue weighted by Gasteiger charge is -2.02. The zero-order valence-electron chi connectivity index (χ0n) is 11.0. The maximum atomic E-state index is 11.6. The summed E-state index contributed by atoms with van der Waals surface area (Å²) in [7, 11) is 0. The van der Waals surface area contributed by atoms with Crippen molar-refractivity contribution in [3.05, 3.63) is 35.9 Å². The Balaban J connectivity index is 2.05. The maximum Gasteiger partial charge on any atom is 0.133 e. The number of carbonyl (C=O) groups is 1. The topological polar surface area (TPSA) is 17.1 Å². The van der Waals surface area contributed by atoms with Crippen LogP contribution in [0.2, 0.25) is 0 Å². The van der Waals surface area contributed by atoms with Crippen LogP contribution in [-0.2, 0) is 11.2 Å². The fourth-order valence-electron chi connectivity index (χ4n) is 1.98. The predicted octanol–water partition coefficient (Wildman–Crippen LogP) is 4.55. The average Bonchev–Trinajstić information content (AvgIpc) is 2.37. The van der Waals surface area contributed by atoms with Crippen LogP contribution in [0.4, 0.5) is 0 Å². The molecule has 0 fully saturated rings. The van der Waals surface area contributed by atoms with Gasteiger partial charge in [-0.25, -0.2) is 0 Å². The first-order chi connectivity index (χ1) is 8.33. The number of Topliss-reactive ketones (excluding diaryl/α,β-unsaturated/α-hetero) is 1. The van der Waals surface area contributed by atoms with Crippen molar-refractivity contribution in [1.29, 1.82) is 0 Å². The van der Waals surface area contributed by atoms with Gasteiger partial charge in [-0.3, -0.25) is 4.79 Å². The highest BCUT2D eigenvalue weighted by Gasteiger charge is 2.02. The highest BCUT2D eigenvalue weighted by Crippen LogP contribution is 2.08. The Morgan fingerprint density at radius 1 is 0.941 bits per heavy atom. The average molecular weight is 232 g/mol. The van der Waals surface area contributed by atoms with Crippen molar-refractivity contribution in [3.63, 3.8) is 0 Å². The summed E-state index contributed by atoms with van der Waals surface area (Å²) >= 11 is 0. The van der Waals surface area contributed by atoms with Crippen LogP contribution in [0.1, 0.15) is 57.4 Å². The smallest absolute Gasteiger partial charge is 0.133 e. The van der Waals surface area contributed by atoms with Gasteiger partial charge in [0.2, 0.25) is 0 Å². The fourth-order valence-corrected chi connectivity index (χ4v) is 1.98. The van der Waals surface area contributed by atoms with Crippen molar-refractivity contribution in [2.45, 2.75) is 58.3 Å². The van der Waals surface area contributed by atoms with E-state index in [0.717, 1.165) is 19.3 Å². The normalized spacial score (nSPS) is 10.4. The van der Waals surface area contributed by atoms with E-state index >= 15 is 0 Å². The molecule has 0 bridgehead atoms. The minimum absolute atomic E-state index is 0.422. The van der Waals surface area contributed by atoms with Crippen LogP contribution in [-0.4, -0.2) is 5.78 Å². The number of benzene rings is 1. The van der Waals surface area contributed by atoms with Crippen LogP contribution in [0.3, 0.4) is 0 Å². The molecule has 1 rings (SSSR count). The van der Waals surface area contributed by atoms with E-state index in [0.29, 0.717) is 12.2 Å². The summed E-state index contributed by atoms with van der Waals surface area (Å²) in [5, 5.41) is 0. The maximum absolute atomic E-state index is 11.6. The molecule has 0 saturated heterocycles. The summed E-state index contributed by atoms with van der Waals surface area (Å²) in [5.74, 6) is 0.422. The minimum atomic E-state index is 0.422. The summed E-state index contributed by atoms with van der Waals surface area (Å²) < 4.78 is 0. The van der Waals surface area contributed by atoms with E-state index in [-0.39, 0.29) is 0 Å². The molecule has 0 amide bonds. The van der Waals surface area contributed by atoms with Crippen molar-refractivity contribution in [2.75, 3.05) is 0 Å². The molecule has 0 heterocycles. The van der Waals surface area contributed by atoms with Crippen LogP contribution < -0.4 is 0 Å². The third-order valence-electron chi connectivity index (χ3n) is 3.09. The van der Waals surface area contributed by atoms with Crippen molar-refractivity contribution in [3.8, 4) is 0 Å². The number of ketones is 1. The number of unbranched alkanes of at least 4 members (excludes halogenated alkanes) is 4. The van der Waals surface area contributed by atoms with Crippen LogP contribution in [0.15, 0.2) is 30.3 Å². The molecule has 94 valence electrons. The third kappa shape index (κ3) is 6.93. The molecule has 0 unspecified atom stereocenters. The molecular formula is C16H24O. The van der Waals surface area contributed by atoms with Crippen LogP contribution in [0, 0.1) is 0 Å². The molecule has 0 saturated carbocycles. The van der Waals surface area contributed by atoms with Gasteiger partial charge in [-0.05, 0) is 18.4 Å². The van der Waals surface area contributed by atoms with E-state index in [1.807, 2.05) is 18.2 Å². The van der Waals surface area contributed by atoms with Crippen LogP contribution in [0.5, 0.6) is 0 Å². The van der Waals surface area contributed by atoms with Gasteiger partial charge in [0.1, 0.15) is 5.78 Å². The first-order valence-corrected chi connectivity index (χ1v) is 6.88. The van der Waals surface area contributed by atoms with E-state index in [1.54, 1.807) is 0 Å². The SMILES string of the molecule is CCCCCCCC(=O)CCc1ccccc1. The number of rotatable bonds is 9. The second kappa shape index (κ2) is 8.98. The van der Waals surface area contributed by atoms with E-state index in [4.69, 9.17) is 0 Å². The van der Waals surface area contributed by atoms with E-state index in [9.17, 15) is 4.79 Å². The first-order valence-electron chi connectivity index (χ1n) is 6.88. The lowest BCUT2D eigenvalue weighted by molar-refractivity contribution is -0.119. The standard InChI is InChI=1S/C16H24O/c1-2-3-4-5-9-12-16(17)14-13-15-10-7-6-8-11-15/h6-8,10-11H,2-5,9,12-14H2,1H3. The van der Waals surface area contributed by atoms with Gasteiger partial charge < -0.3 is 0 Å². The Labute approximate surface area is 105 Å². The molecule has 0 N–H and O–H groups in total. The molecule has 0 aliphatic rings. The second-order valence-corrected chi connectivity index (χ2v) is 4.69. The Bertz CT molecular complexity index is 303. The van der Waals surface area contributed by atoms with Gasteiger partial charge in [0.25, 0.3) is 0 Å². The summed E-state index contributed by atoms with van der Waals surface area (Å²) in [5.41, 5.74) is 1.27. The highest BCUT2D eigenvalue weighted by molar-refractivity contribution is 5.78. The molecule has 1 nitrogen and oxygen atoms in total.